The second kappa shape index (κ2) is 10.3. The van der Waals surface area contributed by atoms with Gasteiger partial charge in [0.15, 0.2) is 0 Å². The molecule has 0 aliphatic heterocycles. The van der Waals surface area contributed by atoms with Crippen molar-refractivity contribution >= 4 is 35.9 Å². The van der Waals surface area contributed by atoms with E-state index in [0.29, 0.717) is 0 Å². The van der Waals surface area contributed by atoms with Crippen LogP contribution >= 0.6 is 14.5 Å². The molecule has 0 amide bonds. The number of benzene rings is 5. The van der Waals surface area contributed by atoms with Gasteiger partial charge in [-0.3, -0.25) is 4.57 Å². The van der Waals surface area contributed by atoms with E-state index in [-0.39, 0.29) is 0 Å². The monoisotopic (exact) mass is 508 g/mol. The van der Waals surface area contributed by atoms with Crippen molar-refractivity contribution in [1.82, 2.24) is 0 Å². The summed E-state index contributed by atoms with van der Waals surface area (Å²) in [5, 5.41) is 2.69. The Morgan fingerprint density at radius 2 is 0.944 bits per heavy atom. The Bertz CT molecular complexity index is 1520. The molecule has 0 aliphatic rings. The van der Waals surface area contributed by atoms with Crippen LogP contribution in [0.2, 0.25) is 0 Å². The smallest absolute Gasteiger partial charge is 0.321 e. The Labute approximate surface area is 211 Å². The van der Waals surface area contributed by atoms with E-state index in [1.165, 1.54) is 5.54 Å². The van der Waals surface area contributed by atoms with Gasteiger partial charge in [-0.25, -0.2) is 0 Å². The van der Waals surface area contributed by atoms with Gasteiger partial charge in [0.2, 0.25) is 0 Å². The van der Waals surface area contributed by atoms with E-state index >= 15 is 0 Å². The van der Waals surface area contributed by atoms with Gasteiger partial charge in [-0.05, 0) is 45.1 Å². The Morgan fingerprint density at radius 1 is 0.500 bits per heavy atom. The van der Waals surface area contributed by atoms with Crippen LogP contribution < -0.4 is 15.9 Å². The highest BCUT2D eigenvalue weighted by Crippen LogP contribution is 2.53. The quantitative estimate of drug-likeness (QED) is 0.267. The first-order chi connectivity index (χ1) is 17.5. The van der Waals surface area contributed by atoms with Crippen molar-refractivity contribution in [2.45, 2.75) is 0 Å². The maximum absolute atomic E-state index is 12.8. The minimum absolute atomic E-state index is 0.891. The summed E-state index contributed by atoms with van der Waals surface area (Å²) in [7, 11) is -4.56. The average molecular weight is 508 g/mol. The third kappa shape index (κ3) is 4.80. The van der Waals surface area contributed by atoms with Crippen molar-refractivity contribution < 1.29 is 14.4 Å². The number of hydrogen-bond acceptors (Lipinski definition) is 1. The fourth-order valence-electron chi connectivity index (χ4n) is 4.78. The third-order valence-electron chi connectivity index (χ3n) is 6.22. The molecule has 5 aromatic carbocycles. The minimum Gasteiger partial charge on any atom is -0.321 e. The maximum Gasteiger partial charge on any atom is 0.350 e. The van der Waals surface area contributed by atoms with E-state index in [4.69, 9.17) is 0 Å². The molecule has 0 aliphatic carbocycles. The van der Waals surface area contributed by atoms with E-state index in [9.17, 15) is 14.4 Å². The van der Waals surface area contributed by atoms with Gasteiger partial charge in [-0.15, -0.1) is 0 Å². The summed E-state index contributed by atoms with van der Waals surface area (Å²) in [5.41, 5.74) is 5.38. The molecule has 5 aromatic rings. The molecule has 0 bridgehead atoms. The van der Waals surface area contributed by atoms with E-state index in [1.807, 2.05) is 109 Å². The van der Waals surface area contributed by atoms with Crippen LogP contribution in [0, 0.1) is 0 Å². The van der Waals surface area contributed by atoms with Crippen molar-refractivity contribution in [2.24, 2.45) is 0 Å². The Balaban J connectivity index is 2.01. The molecular formula is C31H26O3P2. The molecule has 0 heterocycles. The molecular weight excluding hydrogens is 482 g/mol. The normalized spacial score (nSPS) is 11.7. The Morgan fingerprint density at radius 3 is 1.42 bits per heavy atom. The molecule has 3 nitrogen and oxygen atoms in total. The molecule has 2 N–H and O–H groups in total. The fraction of sp³-hybridized carbons (Fsp3) is 0. The zero-order valence-electron chi connectivity index (χ0n) is 19.6. The van der Waals surface area contributed by atoms with E-state index in [1.54, 1.807) is 0 Å². The first-order valence-electron chi connectivity index (χ1n) is 11.7. The van der Waals surface area contributed by atoms with E-state index in [2.05, 4.69) is 30.3 Å². The Hall–Kier alpha value is -3.45. The van der Waals surface area contributed by atoms with Gasteiger partial charge >= 0.3 is 7.60 Å². The molecule has 178 valence electrons. The highest BCUT2D eigenvalue weighted by atomic mass is 31.2. The van der Waals surface area contributed by atoms with Gasteiger partial charge in [0, 0.05) is 5.54 Å². The lowest BCUT2D eigenvalue weighted by atomic mass is 9.94. The summed E-state index contributed by atoms with van der Waals surface area (Å²) in [6.45, 7) is -2.91. The number of rotatable bonds is 6. The fourth-order valence-corrected chi connectivity index (χ4v) is 11.2. The number of hydrogen-bond donors (Lipinski definition) is 2. The molecule has 0 spiro atoms. The largest absolute Gasteiger partial charge is 0.350 e. The SMILES string of the molecule is O=P(O)(O)C=P(c1ccccc1)(c1ccccc1)c1cccc(-c2ccccc2)c1-c1ccccc1. The topological polar surface area (TPSA) is 57.5 Å². The molecule has 5 rings (SSSR count). The summed E-state index contributed by atoms with van der Waals surface area (Å²) in [5.74, 6) is 0. The zero-order valence-corrected chi connectivity index (χ0v) is 21.3. The van der Waals surface area contributed by atoms with Crippen LogP contribution in [-0.2, 0) is 4.57 Å². The maximum atomic E-state index is 12.8. The molecule has 0 saturated carbocycles. The van der Waals surface area contributed by atoms with Crippen LogP contribution in [0.15, 0.2) is 140 Å². The van der Waals surface area contributed by atoms with Gasteiger partial charge < -0.3 is 9.79 Å². The second-order valence-electron chi connectivity index (χ2n) is 8.53. The molecule has 0 radical (unpaired) electrons. The third-order valence-corrected chi connectivity index (χ3v) is 12.2. The molecule has 0 saturated heterocycles. The zero-order chi connectivity index (χ0) is 25.0. The van der Waals surface area contributed by atoms with Crippen molar-refractivity contribution in [1.29, 1.82) is 0 Å². The highest BCUT2D eigenvalue weighted by molar-refractivity contribution is 8.03. The summed E-state index contributed by atoms with van der Waals surface area (Å²) < 4.78 is 12.8. The van der Waals surface area contributed by atoms with Crippen molar-refractivity contribution in [2.75, 3.05) is 0 Å². The van der Waals surface area contributed by atoms with Crippen LogP contribution in [-0.4, -0.2) is 15.3 Å². The van der Waals surface area contributed by atoms with Crippen molar-refractivity contribution in [3.63, 3.8) is 0 Å². The summed E-state index contributed by atoms with van der Waals surface area (Å²) >= 11 is 0. The van der Waals surface area contributed by atoms with Crippen LogP contribution in [0.4, 0.5) is 0 Å². The average Bonchev–Trinajstić information content (AvgIpc) is 2.93. The lowest BCUT2D eigenvalue weighted by molar-refractivity contribution is 0.393. The summed E-state index contributed by atoms with van der Waals surface area (Å²) in [6, 6.07) is 45.9. The first kappa shape index (κ1) is 24.3. The summed E-state index contributed by atoms with van der Waals surface area (Å²) in [6.07, 6.45) is 0. The Kier molecular flexibility index (Phi) is 6.92. The predicted molar refractivity (Wildman–Crippen MR) is 154 cm³/mol. The lowest BCUT2D eigenvalue weighted by Gasteiger charge is -2.32. The minimum atomic E-state index is -4.56. The van der Waals surface area contributed by atoms with Gasteiger partial charge in [0.25, 0.3) is 0 Å². The molecule has 5 heteroatoms. The van der Waals surface area contributed by atoms with E-state index in [0.717, 1.165) is 38.2 Å². The molecule has 0 fully saturated rings. The lowest BCUT2D eigenvalue weighted by Crippen LogP contribution is -2.28. The van der Waals surface area contributed by atoms with Gasteiger partial charge in [0.1, 0.15) is 0 Å². The molecule has 0 unspecified atom stereocenters. The van der Waals surface area contributed by atoms with Crippen molar-refractivity contribution in [3.8, 4) is 22.3 Å². The molecule has 0 aromatic heterocycles. The van der Waals surface area contributed by atoms with Gasteiger partial charge in [-0.1, -0.05) is 140 Å². The van der Waals surface area contributed by atoms with Crippen LogP contribution in [0.25, 0.3) is 22.3 Å². The standard InChI is InChI=1S/C31H26O3P2/c32-36(33,34)24-35(27-18-9-3-10-19-27,28-20-11-4-12-21-28)30-23-13-22-29(25-14-5-1-6-15-25)31(30)26-16-7-2-8-17-26/h1-24H,(H2,32,33,34). The van der Waals surface area contributed by atoms with E-state index < -0.39 is 14.5 Å². The predicted octanol–water partition coefficient (Wildman–Crippen LogP) is 6.25. The van der Waals surface area contributed by atoms with Crippen molar-refractivity contribution in [3.05, 3.63) is 140 Å². The van der Waals surface area contributed by atoms with Crippen LogP contribution in [0.3, 0.4) is 0 Å². The molecule has 0 atom stereocenters. The summed E-state index contributed by atoms with van der Waals surface area (Å²) in [4.78, 5) is 20.9. The first-order valence-corrected chi connectivity index (χ1v) is 15.2. The highest BCUT2D eigenvalue weighted by Gasteiger charge is 2.32. The van der Waals surface area contributed by atoms with Gasteiger partial charge in [0.05, 0.1) is 0 Å². The van der Waals surface area contributed by atoms with Crippen LogP contribution in [0.5, 0.6) is 0 Å². The second-order valence-corrected chi connectivity index (χ2v) is 13.6. The molecule has 36 heavy (non-hydrogen) atoms. The van der Waals surface area contributed by atoms with Crippen LogP contribution in [0.1, 0.15) is 0 Å². The van der Waals surface area contributed by atoms with Gasteiger partial charge in [-0.2, -0.15) is 0 Å².